The molecule has 128 valence electrons. The molecule has 0 heterocycles. The van der Waals surface area contributed by atoms with Crippen LogP contribution in [0.2, 0.25) is 0 Å². The number of nitrogens with zero attached hydrogens (tertiary/aromatic N) is 1. The number of benzene rings is 1. The predicted molar refractivity (Wildman–Crippen MR) is 102 cm³/mol. The Hall–Kier alpha value is -1.98. The molecule has 2 heteroatoms. The highest BCUT2D eigenvalue weighted by Crippen LogP contribution is 2.29. The summed E-state index contributed by atoms with van der Waals surface area (Å²) in [5.74, 6) is 8.44. The van der Waals surface area contributed by atoms with Crippen LogP contribution in [-0.4, -0.2) is 31.1 Å². The molecule has 24 heavy (non-hydrogen) atoms. The van der Waals surface area contributed by atoms with E-state index < -0.39 is 0 Å². The molecule has 1 aromatic rings. The lowest BCUT2D eigenvalue weighted by Crippen LogP contribution is -2.40. The molecule has 1 fully saturated rings. The molecule has 0 N–H and O–H groups in total. The van der Waals surface area contributed by atoms with E-state index in [1.807, 2.05) is 36.4 Å². The van der Waals surface area contributed by atoms with Gasteiger partial charge in [-0.25, -0.2) is 0 Å². The largest absolute Gasteiger partial charge is 0.497 e. The van der Waals surface area contributed by atoms with Gasteiger partial charge in [0.2, 0.25) is 0 Å². The molecule has 0 bridgehead atoms. The summed E-state index contributed by atoms with van der Waals surface area (Å²) in [4.78, 5) is 2.40. The SMILES string of the molecule is C=CCN(CC=C)C(C#Cc1ccc(OC)cc1)C1CCCCC1. The summed E-state index contributed by atoms with van der Waals surface area (Å²) in [7, 11) is 1.68. The zero-order chi connectivity index (χ0) is 17.2. The highest BCUT2D eigenvalue weighted by atomic mass is 16.5. The lowest BCUT2D eigenvalue weighted by atomic mass is 9.83. The molecular formula is C22H29NO. The van der Waals surface area contributed by atoms with E-state index in [1.165, 1.54) is 32.1 Å². The smallest absolute Gasteiger partial charge is 0.118 e. The molecule has 2 rings (SSSR count). The Kier molecular flexibility index (Phi) is 7.65. The van der Waals surface area contributed by atoms with Crippen LogP contribution in [-0.2, 0) is 0 Å². The molecule has 2 nitrogen and oxygen atoms in total. The summed E-state index contributed by atoms with van der Waals surface area (Å²) in [5.41, 5.74) is 1.04. The van der Waals surface area contributed by atoms with Crippen LogP contribution >= 0.6 is 0 Å². The fraction of sp³-hybridized carbons (Fsp3) is 0.455. The monoisotopic (exact) mass is 323 g/mol. The van der Waals surface area contributed by atoms with Gasteiger partial charge in [0.15, 0.2) is 0 Å². The Labute approximate surface area is 147 Å². The maximum absolute atomic E-state index is 5.21. The topological polar surface area (TPSA) is 12.5 Å². The third-order valence-electron chi connectivity index (χ3n) is 4.67. The first kappa shape index (κ1) is 18.4. The van der Waals surface area contributed by atoms with Crippen molar-refractivity contribution in [3.63, 3.8) is 0 Å². The van der Waals surface area contributed by atoms with Gasteiger partial charge in [0.05, 0.1) is 13.2 Å². The van der Waals surface area contributed by atoms with Crippen LogP contribution in [0, 0.1) is 17.8 Å². The van der Waals surface area contributed by atoms with Gasteiger partial charge in [-0.15, -0.1) is 13.2 Å². The van der Waals surface area contributed by atoms with Crippen LogP contribution in [0.5, 0.6) is 5.75 Å². The lowest BCUT2D eigenvalue weighted by Gasteiger charge is -2.34. The maximum Gasteiger partial charge on any atom is 0.118 e. The molecule has 0 aliphatic heterocycles. The van der Waals surface area contributed by atoms with E-state index in [-0.39, 0.29) is 6.04 Å². The van der Waals surface area contributed by atoms with Gasteiger partial charge in [0, 0.05) is 18.7 Å². The van der Waals surface area contributed by atoms with Gasteiger partial charge in [0.25, 0.3) is 0 Å². The van der Waals surface area contributed by atoms with Crippen molar-refractivity contribution in [2.24, 2.45) is 5.92 Å². The van der Waals surface area contributed by atoms with Crippen LogP contribution in [0.1, 0.15) is 37.7 Å². The first-order chi connectivity index (χ1) is 11.8. The van der Waals surface area contributed by atoms with Crippen molar-refractivity contribution >= 4 is 0 Å². The second-order valence-electron chi connectivity index (χ2n) is 6.37. The van der Waals surface area contributed by atoms with Crippen LogP contribution in [0.3, 0.4) is 0 Å². The van der Waals surface area contributed by atoms with Crippen LogP contribution < -0.4 is 4.74 Å². The van der Waals surface area contributed by atoms with Crippen molar-refractivity contribution < 1.29 is 4.74 Å². The maximum atomic E-state index is 5.21. The molecule has 0 saturated heterocycles. The molecule has 1 aliphatic carbocycles. The van der Waals surface area contributed by atoms with Crippen molar-refractivity contribution in [1.82, 2.24) is 4.90 Å². The van der Waals surface area contributed by atoms with Crippen molar-refractivity contribution in [2.75, 3.05) is 20.2 Å². The summed E-state index contributed by atoms with van der Waals surface area (Å²) in [6, 6.07) is 8.24. The average molecular weight is 323 g/mol. The third-order valence-corrected chi connectivity index (χ3v) is 4.67. The van der Waals surface area contributed by atoms with E-state index in [0.29, 0.717) is 5.92 Å². The van der Waals surface area contributed by atoms with E-state index in [9.17, 15) is 0 Å². The average Bonchev–Trinajstić information content (AvgIpc) is 2.63. The second-order valence-corrected chi connectivity index (χ2v) is 6.37. The molecule has 0 spiro atoms. The molecule has 1 aliphatic rings. The highest BCUT2D eigenvalue weighted by Gasteiger charge is 2.26. The fourth-order valence-corrected chi connectivity index (χ4v) is 3.42. The summed E-state index contributed by atoms with van der Waals surface area (Å²) < 4.78 is 5.21. The summed E-state index contributed by atoms with van der Waals surface area (Å²) in [6.07, 6.45) is 10.5. The minimum atomic E-state index is 0.267. The molecule has 0 amide bonds. The first-order valence-corrected chi connectivity index (χ1v) is 8.90. The number of rotatable bonds is 7. The number of hydrogen-bond acceptors (Lipinski definition) is 2. The van der Waals surface area contributed by atoms with Gasteiger partial charge in [-0.3, -0.25) is 4.90 Å². The van der Waals surface area contributed by atoms with Gasteiger partial charge in [-0.2, -0.15) is 0 Å². The van der Waals surface area contributed by atoms with E-state index in [1.54, 1.807) is 7.11 Å². The minimum Gasteiger partial charge on any atom is -0.497 e. The van der Waals surface area contributed by atoms with Crippen LogP contribution in [0.25, 0.3) is 0 Å². The third kappa shape index (κ3) is 5.28. The molecule has 0 radical (unpaired) electrons. The van der Waals surface area contributed by atoms with Gasteiger partial charge < -0.3 is 4.74 Å². The zero-order valence-electron chi connectivity index (χ0n) is 14.8. The quantitative estimate of drug-likeness (QED) is 0.534. The van der Waals surface area contributed by atoms with E-state index in [0.717, 1.165) is 24.4 Å². The molecule has 0 aromatic heterocycles. The first-order valence-electron chi connectivity index (χ1n) is 8.90. The number of methoxy groups -OCH3 is 1. The van der Waals surface area contributed by atoms with E-state index >= 15 is 0 Å². The Bertz CT molecular complexity index is 562. The molecular weight excluding hydrogens is 294 g/mol. The van der Waals surface area contributed by atoms with E-state index in [2.05, 4.69) is 29.9 Å². The molecule has 1 aromatic carbocycles. The normalized spacial score (nSPS) is 16.1. The number of hydrogen-bond donors (Lipinski definition) is 0. The summed E-state index contributed by atoms with van der Waals surface area (Å²) in [5, 5.41) is 0. The van der Waals surface area contributed by atoms with Crippen molar-refractivity contribution in [3.05, 3.63) is 55.1 Å². The van der Waals surface area contributed by atoms with Gasteiger partial charge in [0.1, 0.15) is 5.75 Å². The van der Waals surface area contributed by atoms with Gasteiger partial charge in [-0.1, -0.05) is 43.3 Å². The Balaban J connectivity index is 2.21. The summed E-state index contributed by atoms with van der Waals surface area (Å²) in [6.45, 7) is 9.52. The van der Waals surface area contributed by atoms with Crippen molar-refractivity contribution in [1.29, 1.82) is 0 Å². The van der Waals surface area contributed by atoms with Crippen LogP contribution in [0.4, 0.5) is 0 Å². The molecule has 1 atom stereocenters. The predicted octanol–water partition coefficient (Wildman–Crippen LogP) is 4.67. The van der Waals surface area contributed by atoms with Crippen molar-refractivity contribution in [3.8, 4) is 17.6 Å². The Morgan fingerprint density at radius 3 is 2.29 bits per heavy atom. The highest BCUT2D eigenvalue weighted by molar-refractivity contribution is 5.39. The van der Waals surface area contributed by atoms with Gasteiger partial charge >= 0.3 is 0 Å². The number of ether oxygens (including phenoxy) is 1. The van der Waals surface area contributed by atoms with E-state index in [4.69, 9.17) is 4.74 Å². The second kappa shape index (κ2) is 10.0. The zero-order valence-corrected chi connectivity index (χ0v) is 14.8. The summed E-state index contributed by atoms with van der Waals surface area (Å²) >= 11 is 0. The lowest BCUT2D eigenvalue weighted by molar-refractivity contribution is 0.184. The molecule has 1 saturated carbocycles. The fourth-order valence-electron chi connectivity index (χ4n) is 3.42. The van der Waals surface area contributed by atoms with Crippen LogP contribution in [0.15, 0.2) is 49.6 Å². The molecule has 1 unspecified atom stereocenters. The minimum absolute atomic E-state index is 0.267. The Morgan fingerprint density at radius 2 is 1.75 bits per heavy atom. The van der Waals surface area contributed by atoms with Gasteiger partial charge in [-0.05, 0) is 43.0 Å². The van der Waals surface area contributed by atoms with Crippen molar-refractivity contribution in [2.45, 2.75) is 38.1 Å². The Morgan fingerprint density at radius 1 is 1.12 bits per heavy atom. The standard InChI is InChI=1S/C22H29NO/c1-4-17-23(18-5-2)22(20-9-7-6-8-10-20)16-13-19-11-14-21(24-3)15-12-19/h4-5,11-12,14-15,20,22H,1-2,6-10,17-18H2,3H3.